The molecule has 0 radical (unpaired) electrons. The molecule has 0 amide bonds. The van der Waals surface area contributed by atoms with Gasteiger partial charge in [0.25, 0.3) is 0 Å². The molecule has 1 heterocycles. The van der Waals surface area contributed by atoms with Crippen LogP contribution in [0.25, 0.3) is 5.57 Å². The Labute approximate surface area is 133 Å². The summed E-state index contributed by atoms with van der Waals surface area (Å²) in [6.45, 7) is -1.41. The molecule has 2 atom stereocenters. The first-order valence-corrected chi connectivity index (χ1v) is 7.00. The number of nitriles is 1. The molecule has 124 valence electrons. The first kappa shape index (κ1) is 17.3. The highest BCUT2D eigenvalue weighted by atomic mass is 35.5. The third-order valence-electron chi connectivity index (χ3n) is 3.18. The van der Waals surface area contributed by atoms with Gasteiger partial charge in [-0.2, -0.15) is 23.1 Å². The Morgan fingerprint density at radius 1 is 1.57 bits per heavy atom. The molecule has 1 aliphatic rings. The number of hydrogen-bond donors (Lipinski definition) is 1. The molecule has 10 heteroatoms. The van der Waals surface area contributed by atoms with Crippen molar-refractivity contribution in [2.75, 3.05) is 0 Å². The molecule has 1 aromatic heterocycles. The minimum atomic E-state index is -4.87. The Morgan fingerprint density at radius 3 is 2.78 bits per heavy atom. The molecule has 0 saturated carbocycles. The second kappa shape index (κ2) is 6.60. The summed E-state index contributed by atoms with van der Waals surface area (Å²) in [5.41, 5.74) is -0.489. The summed E-state index contributed by atoms with van der Waals surface area (Å²) in [4.78, 5) is 12.1. The van der Waals surface area contributed by atoms with Crippen LogP contribution < -0.4 is 5.69 Å². The SMILES string of the molecule is N#CCn1nc(C2=CCC(Cl)C=C2)n(CC(O)C(F)(F)F)c1=O. The van der Waals surface area contributed by atoms with E-state index in [4.69, 9.17) is 16.9 Å². The van der Waals surface area contributed by atoms with Gasteiger partial charge in [0.15, 0.2) is 11.9 Å². The maximum absolute atomic E-state index is 12.6. The van der Waals surface area contributed by atoms with E-state index >= 15 is 0 Å². The third kappa shape index (κ3) is 3.83. The Kier molecular flexibility index (Phi) is 4.97. The summed E-state index contributed by atoms with van der Waals surface area (Å²) in [6, 6.07) is 1.70. The first-order valence-electron chi connectivity index (χ1n) is 6.56. The molecular weight excluding hydrogens is 337 g/mol. The molecule has 0 aromatic carbocycles. The summed E-state index contributed by atoms with van der Waals surface area (Å²) >= 11 is 5.88. The molecule has 0 saturated heterocycles. The summed E-state index contributed by atoms with van der Waals surface area (Å²) in [5.74, 6) is -0.0478. The number of alkyl halides is 4. The second-order valence-electron chi connectivity index (χ2n) is 4.86. The first-order chi connectivity index (χ1) is 10.7. The van der Waals surface area contributed by atoms with E-state index in [0.29, 0.717) is 16.6 Å². The number of rotatable bonds is 4. The standard InChI is InChI=1S/C13H12ClF3N4O2/c14-9-3-1-8(2-4-9)11-19-21(6-5-18)12(23)20(11)7-10(22)13(15,16)17/h1-3,9-10,22H,4,6-7H2. The van der Waals surface area contributed by atoms with Gasteiger partial charge in [-0.1, -0.05) is 18.2 Å². The maximum atomic E-state index is 12.6. The number of aliphatic hydroxyl groups is 1. The van der Waals surface area contributed by atoms with Crippen molar-refractivity contribution in [3.63, 3.8) is 0 Å². The quantitative estimate of drug-likeness (QED) is 0.835. The van der Waals surface area contributed by atoms with E-state index in [1.165, 1.54) is 6.08 Å². The predicted molar refractivity (Wildman–Crippen MR) is 75.5 cm³/mol. The minimum Gasteiger partial charge on any atom is -0.382 e. The van der Waals surface area contributed by atoms with Gasteiger partial charge in [-0.25, -0.2) is 4.79 Å². The van der Waals surface area contributed by atoms with Gasteiger partial charge in [0, 0.05) is 5.57 Å². The van der Waals surface area contributed by atoms with Gasteiger partial charge in [0.05, 0.1) is 18.0 Å². The molecule has 0 aliphatic heterocycles. The van der Waals surface area contributed by atoms with Gasteiger partial charge < -0.3 is 5.11 Å². The molecule has 0 bridgehead atoms. The van der Waals surface area contributed by atoms with Crippen LogP contribution in [-0.2, 0) is 13.1 Å². The Balaban J connectivity index is 2.45. The fraction of sp³-hybridized carbons (Fsp3) is 0.462. The van der Waals surface area contributed by atoms with Crippen molar-refractivity contribution in [2.45, 2.75) is 37.2 Å². The highest BCUT2D eigenvalue weighted by molar-refractivity contribution is 6.22. The van der Waals surface area contributed by atoms with E-state index in [2.05, 4.69) is 5.10 Å². The van der Waals surface area contributed by atoms with Gasteiger partial charge >= 0.3 is 11.9 Å². The van der Waals surface area contributed by atoms with Crippen LogP contribution in [0.5, 0.6) is 0 Å². The van der Waals surface area contributed by atoms with Gasteiger partial charge in [0.2, 0.25) is 0 Å². The molecule has 1 aromatic rings. The largest absolute Gasteiger partial charge is 0.416 e. The molecular formula is C13H12ClF3N4O2. The number of nitrogens with zero attached hydrogens (tertiary/aromatic N) is 4. The van der Waals surface area contributed by atoms with Crippen molar-refractivity contribution >= 4 is 17.2 Å². The van der Waals surface area contributed by atoms with Crippen molar-refractivity contribution in [3.05, 3.63) is 34.5 Å². The Morgan fingerprint density at radius 2 is 2.26 bits per heavy atom. The average Bonchev–Trinajstić information content (AvgIpc) is 2.77. The van der Waals surface area contributed by atoms with Crippen LogP contribution in [-0.4, -0.2) is 37.1 Å². The summed E-state index contributed by atoms with van der Waals surface area (Å²) < 4.78 is 39.1. The van der Waals surface area contributed by atoms with Crippen LogP contribution in [0.15, 0.2) is 23.0 Å². The second-order valence-corrected chi connectivity index (χ2v) is 5.42. The number of aliphatic hydroxyl groups excluding tert-OH is 1. The normalized spacial score (nSPS) is 19.3. The van der Waals surface area contributed by atoms with Crippen LogP contribution in [0.2, 0.25) is 0 Å². The van der Waals surface area contributed by atoms with Gasteiger partial charge in [-0.15, -0.1) is 16.7 Å². The molecule has 23 heavy (non-hydrogen) atoms. The summed E-state index contributed by atoms with van der Waals surface area (Å²) in [6.07, 6.45) is -2.37. The molecule has 6 nitrogen and oxygen atoms in total. The Hall–Kier alpha value is -2.05. The lowest BCUT2D eigenvalue weighted by atomic mass is 10.1. The fourth-order valence-electron chi connectivity index (χ4n) is 2.03. The zero-order valence-corrected chi connectivity index (χ0v) is 12.4. The van der Waals surface area contributed by atoms with Crippen molar-refractivity contribution in [1.29, 1.82) is 5.26 Å². The minimum absolute atomic E-state index is 0.0478. The zero-order chi connectivity index (χ0) is 17.2. The molecule has 2 unspecified atom stereocenters. The Bertz CT molecular complexity index is 742. The fourth-order valence-corrected chi connectivity index (χ4v) is 2.19. The average molecular weight is 349 g/mol. The van der Waals surface area contributed by atoms with Gasteiger partial charge in [-0.3, -0.25) is 4.57 Å². The van der Waals surface area contributed by atoms with Gasteiger partial charge in [0.1, 0.15) is 6.54 Å². The highest BCUT2D eigenvalue weighted by Gasteiger charge is 2.39. The maximum Gasteiger partial charge on any atom is 0.416 e. The highest BCUT2D eigenvalue weighted by Crippen LogP contribution is 2.24. The lowest BCUT2D eigenvalue weighted by Crippen LogP contribution is -2.37. The smallest absolute Gasteiger partial charge is 0.382 e. The number of hydrogen-bond acceptors (Lipinski definition) is 4. The van der Waals surface area contributed by atoms with Crippen molar-refractivity contribution in [1.82, 2.24) is 14.3 Å². The van der Waals surface area contributed by atoms with E-state index in [1.54, 1.807) is 18.2 Å². The van der Waals surface area contributed by atoms with E-state index in [1.807, 2.05) is 0 Å². The van der Waals surface area contributed by atoms with Gasteiger partial charge in [-0.05, 0) is 6.42 Å². The van der Waals surface area contributed by atoms with E-state index in [9.17, 15) is 23.1 Å². The predicted octanol–water partition coefficient (Wildman–Crippen LogP) is 1.44. The molecule has 1 N–H and O–H groups in total. The monoisotopic (exact) mass is 348 g/mol. The molecule has 0 spiro atoms. The van der Waals surface area contributed by atoms with Crippen LogP contribution in [0.1, 0.15) is 12.2 Å². The van der Waals surface area contributed by atoms with Crippen molar-refractivity contribution in [3.8, 4) is 6.07 Å². The number of halogens is 4. The lowest BCUT2D eigenvalue weighted by Gasteiger charge is -2.16. The molecule has 0 fully saturated rings. The lowest BCUT2D eigenvalue weighted by molar-refractivity contribution is -0.207. The van der Waals surface area contributed by atoms with Crippen LogP contribution >= 0.6 is 11.6 Å². The number of allylic oxidation sites excluding steroid dienone is 4. The molecule has 2 rings (SSSR count). The van der Waals surface area contributed by atoms with Crippen LogP contribution in [0.4, 0.5) is 13.2 Å². The van der Waals surface area contributed by atoms with E-state index in [-0.39, 0.29) is 11.2 Å². The van der Waals surface area contributed by atoms with E-state index in [0.717, 1.165) is 4.68 Å². The zero-order valence-electron chi connectivity index (χ0n) is 11.7. The summed E-state index contributed by atoms with van der Waals surface area (Å²) in [5, 5.41) is 21.5. The van der Waals surface area contributed by atoms with Crippen molar-refractivity contribution in [2.24, 2.45) is 0 Å². The number of aromatic nitrogens is 3. The van der Waals surface area contributed by atoms with E-state index < -0.39 is 31.1 Å². The third-order valence-corrected chi connectivity index (χ3v) is 3.51. The summed E-state index contributed by atoms with van der Waals surface area (Å²) in [7, 11) is 0. The van der Waals surface area contributed by atoms with Crippen molar-refractivity contribution < 1.29 is 18.3 Å². The van der Waals surface area contributed by atoms with Crippen LogP contribution in [0, 0.1) is 11.3 Å². The molecule has 1 aliphatic carbocycles. The van der Waals surface area contributed by atoms with Crippen LogP contribution in [0.3, 0.4) is 0 Å². The topological polar surface area (TPSA) is 83.8 Å².